The first-order valence-electron chi connectivity index (χ1n) is 3.91. The smallest absolute Gasteiger partial charge is 0.258 e. The van der Waals surface area contributed by atoms with Gasteiger partial charge in [0, 0.05) is 13.1 Å². The normalized spacial score (nSPS) is 17.5. The first-order valence-corrected chi connectivity index (χ1v) is 7.65. The lowest BCUT2D eigenvalue weighted by molar-refractivity contribution is 0.444. The van der Waals surface area contributed by atoms with Crippen molar-refractivity contribution in [2.75, 3.05) is 13.1 Å². The Morgan fingerprint density at radius 1 is 1.21 bits per heavy atom. The summed E-state index contributed by atoms with van der Waals surface area (Å²) in [5.41, 5.74) is 0. The van der Waals surface area contributed by atoms with Gasteiger partial charge in [0.05, 0.1) is 0 Å². The van der Waals surface area contributed by atoms with Crippen molar-refractivity contribution >= 4 is 65.3 Å². The largest absolute Gasteiger partial charge is 0.299 e. The topological polar surface area (TPSA) is 20.3 Å². The minimum absolute atomic E-state index is 0.456. The van der Waals surface area contributed by atoms with E-state index in [9.17, 15) is 4.57 Å². The summed E-state index contributed by atoms with van der Waals surface area (Å²) < 4.78 is 10.7. The number of hydrogen-bond acceptors (Lipinski definition) is 1. The van der Waals surface area contributed by atoms with Gasteiger partial charge in [0.2, 0.25) is 7.29 Å². The molecule has 0 aliphatic heterocycles. The van der Waals surface area contributed by atoms with Crippen molar-refractivity contribution < 1.29 is 4.57 Å². The quantitative estimate of drug-likeness (QED) is 0.553. The van der Waals surface area contributed by atoms with Crippen LogP contribution in [0.4, 0.5) is 0 Å². The lowest BCUT2D eigenvalue weighted by Gasteiger charge is -2.35. The van der Waals surface area contributed by atoms with Crippen molar-refractivity contribution in [1.82, 2.24) is 4.67 Å². The van der Waals surface area contributed by atoms with Crippen molar-refractivity contribution in [3.63, 3.8) is 0 Å². The Kier molecular flexibility index (Phi) is 6.50. The van der Waals surface area contributed by atoms with Crippen LogP contribution in [0, 0.1) is 0 Å². The van der Waals surface area contributed by atoms with E-state index in [0.717, 1.165) is 0 Å². The predicted molar refractivity (Wildman–Crippen MR) is 66.3 cm³/mol. The Hall–Kier alpha value is 1.64. The average molecular weight is 321 g/mol. The van der Waals surface area contributed by atoms with E-state index in [1.165, 1.54) is 4.67 Å². The Morgan fingerprint density at radius 3 is 1.64 bits per heavy atom. The summed E-state index contributed by atoms with van der Waals surface area (Å²) in [7, 11) is -3.42. The SMILES string of the molecule is CCN(CC)[P@@](=O)(C(Cl)Cl)C(Cl)(Cl)Cl. The molecular weight excluding hydrogens is 310 g/mol. The maximum atomic E-state index is 12.4. The lowest BCUT2D eigenvalue weighted by atomic mass is 10.7. The van der Waals surface area contributed by atoms with Crippen LogP contribution in [0.3, 0.4) is 0 Å². The van der Waals surface area contributed by atoms with Crippen LogP contribution in [0.2, 0.25) is 0 Å². The van der Waals surface area contributed by atoms with Gasteiger partial charge >= 0.3 is 0 Å². The third-order valence-electron chi connectivity index (χ3n) is 1.78. The van der Waals surface area contributed by atoms with Gasteiger partial charge < -0.3 is 0 Å². The summed E-state index contributed by atoms with van der Waals surface area (Å²) >= 11 is 28.2. The van der Waals surface area contributed by atoms with Gasteiger partial charge in [0.1, 0.15) is 0 Å². The molecule has 0 bridgehead atoms. The van der Waals surface area contributed by atoms with Crippen LogP contribution >= 0.6 is 65.3 Å². The van der Waals surface area contributed by atoms with Gasteiger partial charge in [-0.2, -0.15) is 0 Å². The molecule has 1 atom stereocenters. The summed E-state index contributed by atoms with van der Waals surface area (Å²) in [5, 5.41) is 0. The van der Waals surface area contributed by atoms with Crippen LogP contribution in [0.25, 0.3) is 0 Å². The Bertz CT molecular complexity index is 225. The van der Waals surface area contributed by atoms with E-state index in [0.29, 0.717) is 13.1 Å². The van der Waals surface area contributed by atoms with Crippen LogP contribution in [-0.4, -0.2) is 25.9 Å². The summed E-state index contributed by atoms with van der Waals surface area (Å²) in [6.07, 6.45) is 0. The highest BCUT2D eigenvalue weighted by Gasteiger charge is 2.52. The van der Waals surface area contributed by atoms with Crippen molar-refractivity contribution in [2.45, 2.75) is 22.0 Å². The molecule has 0 saturated carbocycles. The van der Waals surface area contributed by atoms with Crippen molar-refractivity contribution in [2.24, 2.45) is 0 Å². The molecule has 0 heterocycles. The van der Waals surface area contributed by atoms with Gasteiger partial charge in [-0.15, -0.1) is 0 Å². The van der Waals surface area contributed by atoms with E-state index in [1.807, 2.05) is 0 Å². The zero-order valence-electron chi connectivity index (χ0n) is 7.68. The lowest BCUT2D eigenvalue weighted by Crippen LogP contribution is -2.29. The average Bonchev–Trinajstić information content (AvgIpc) is 2.03. The van der Waals surface area contributed by atoms with Gasteiger partial charge in [0.15, 0.2) is 4.58 Å². The Labute approximate surface area is 109 Å². The molecule has 0 radical (unpaired) electrons. The molecule has 14 heavy (non-hydrogen) atoms. The first-order chi connectivity index (χ1) is 6.21. The molecule has 0 rings (SSSR count). The van der Waals surface area contributed by atoms with Gasteiger partial charge in [-0.25, -0.2) is 4.67 Å². The highest BCUT2D eigenvalue weighted by Crippen LogP contribution is 2.71. The molecule has 0 N–H and O–H groups in total. The van der Waals surface area contributed by atoms with Gasteiger partial charge in [0.25, 0.3) is 3.53 Å². The third kappa shape index (κ3) is 3.07. The van der Waals surface area contributed by atoms with E-state index in [4.69, 9.17) is 58.0 Å². The zero-order chi connectivity index (χ0) is 11.6. The minimum atomic E-state index is -3.42. The van der Waals surface area contributed by atoms with E-state index in [1.54, 1.807) is 13.8 Å². The fourth-order valence-electron chi connectivity index (χ4n) is 1.04. The third-order valence-corrected chi connectivity index (χ3v) is 8.21. The molecule has 8 heteroatoms. The van der Waals surface area contributed by atoms with Crippen LogP contribution in [0.5, 0.6) is 0 Å². The molecule has 0 amide bonds. The Morgan fingerprint density at radius 2 is 1.57 bits per heavy atom. The molecule has 0 aromatic heterocycles. The molecule has 0 fully saturated rings. The second kappa shape index (κ2) is 5.82. The molecule has 0 aromatic rings. The van der Waals surface area contributed by atoms with Gasteiger partial charge in [-0.3, -0.25) is 4.57 Å². The number of hydrogen-bond donors (Lipinski definition) is 0. The molecule has 0 unspecified atom stereocenters. The van der Waals surface area contributed by atoms with Crippen LogP contribution in [0.1, 0.15) is 13.8 Å². The summed E-state index contributed by atoms with van der Waals surface area (Å²) in [4.78, 5) is 0. The monoisotopic (exact) mass is 319 g/mol. The van der Waals surface area contributed by atoms with Crippen LogP contribution in [0.15, 0.2) is 0 Å². The summed E-state index contributed by atoms with van der Waals surface area (Å²) in [6.45, 7) is 4.50. The number of nitrogens with zero attached hydrogens (tertiary/aromatic N) is 1. The molecule has 0 spiro atoms. The number of rotatable bonds is 4. The number of halogens is 5. The van der Waals surface area contributed by atoms with Crippen molar-refractivity contribution in [1.29, 1.82) is 0 Å². The fraction of sp³-hybridized carbons (Fsp3) is 1.00. The van der Waals surface area contributed by atoms with Crippen LogP contribution in [-0.2, 0) is 4.57 Å². The zero-order valence-corrected chi connectivity index (χ0v) is 12.4. The van der Waals surface area contributed by atoms with Crippen molar-refractivity contribution in [3.8, 4) is 0 Å². The second-order valence-electron chi connectivity index (χ2n) is 2.51. The van der Waals surface area contributed by atoms with Crippen molar-refractivity contribution in [3.05, 3.63) is 0 Å². The fourth-order valence-corrected chi connectivity index (χ4v) is 7.03. The maximum Gasteiger partial charge on any atom is 0.258 e. The molecule has 0 aromatic carbocycles. The van der Waals surface area contributed by atoms with E-state index in [2.05, 4.69) is 0 Å². The highest BCUT2D eigenvalue weighted by molar-refractivity contribution is 7.73. The standard InChI is InChI=1S/C6H11Cl5NOP/c1-3-12(4-2)14(13,5(7)8)6(9,10)11/h5H,3-4H2,1-2H3/t14-/m1/s1. The molecule has 0 aliphatic carbocycles. The maximum absolute atomic E-state index is 12.4. The van der Waals surface area contributed by atoms with E-state index >= 15 is 0 Å². The molecule has 0 saturated heterocycles. The van der Waals surface area contributed by atoms with Crippen LogP contribution < -0.4 is 0 Å². The predicted octanol–water partition coefficient (Wildman–Crippen LogP) is 4.70. The molecule has 2 nitrogen and oxygen atoms in total. The second-order valence-corrected chi connectivity index (χ2v) is 10.3. The van der Waals surface area contributed by atoms with Gasteiger partial charge in [-0.05, 0) is 0 Å². The first kappa shape index (κ1) is 15.6. The summed E-state index contributed by atoms with van der Waals surface area (Å²) in [6, 6.07) is 0. The minimum Gasteiger partial charge on any atom is -0.299 e. The van der Waals surface area contributed by atoms with E-state index < -0.39 is 15.4 Å². The Balaban J connectivity index is 5.21. The van der Waals surface area contributed by atoms with Gasteiger partial charge in [-0.1, -0.05) is 71.9 Å². The summed E-state index contributed by atoms with van der Waals surface area (Å²) in [5.74, 6) is 0. The molecule has 86 valence electrons. The molecule has 0 aliphatic rings. The number of alkyl halides is 5. The van der Waals surface area contributed by atoms with E-state index in [-0.39, 0.29) is 0 Å². The highest BCUT2D eigenvalue weighted by atomic mass is 35.6. The molecular formula is C6H11Cl5NOP.